The van der Waals surface area contributed by atoms with Crippen LogP contribution in [0.3, 0.4) is 0 Å². The molecule has 1 aromatic carbocycles. The summed E-state index contributed by atoms with van der Waals surface area (Å²) in [6, 6.07) is 5.64. The van der Waals surface area contributed by atoms with Gasteiger partial charge in [-0.15, -0.1) is 5.92 Å². The van der Waals surface area contributed by atoms with E-state index < -0.39 is 6.29 Å². The van der Waals surface area contributed by atoms with Crippen LogP contribution in [-0.2, 0) is 9.47 Å². The van der Waals surface area contributed by atoms with E-state index in [0.717, 1.165) is 16.9 Å². The zero-order chi connectivity index (χ0) is 12.0. The molecular weight excluding hydrogens is 204 g/mol. The molecule has 0 saturated heterocycles. The van der Waals surface area contributed by atoms with Crippen LogP contribution in [0.4, 0.5) is 0 Å². The molecule has 1 rings (SSSR count). The molecule has 0 unspecified atom stereocenters. The molecular formula is C13H16O3. The van der Waals surface area contributed by atoms with Crippen molar-refractivity contribution in [3.05, 3.63) is 29.3 Å². The molecule has 0 aliphatic heterocycles. The number of methoxy groups -OCH3 is 3. The Kier molecular flexibility index (Phi) is 4.84. The Bertz CT molecular complexity index is 397. The molecule has 16 heavy (non-hydrogen) atoms. The third-order valence-electron chi connectivity index (χ3n) is 2.20. The predicted octanol–water partition coefficient (Wildman–Crippen LogP) is 2.36. The van der Waals surface area contributed by atoms with E-state index in [2.05, 4.69) is 11.8 Å². The number of hydrogen-bond acceptors (Lipinski definition) is 3. The van der Waals surface area contributed by atoms with Crippen LogP contribution in [0.25, 0.3) is 0 Å². The van der Waals surface area contributed by atoms with Crippen molar-refractivity contribution in [3.63, 3.8) is 0 Å². The Morgan fingerprint density at radius 3 is 2.31 bits per heavy atom. The molecule has 0 amide bonds. The minimum atomic E-state index is -0.425. The van der Waals surface area contributed by atoms with Gasteiger partial charge >= 0.3 is 0 Å². The van der Waals surface area contributed by atoms with Crippen molar-refractivity contribution in [2.75, 3.05) is 21.3 Å². The standard InChI is InChI=1S/C13H16O3/c1-5-6-10-7-8-11(14-2)9-12(10)13(15-3)16-4/h7-9,13H,1-4H3. The molecule has 86 valence electrons. The lowest BCUT2D eigenvalue weighted by atomic mass is 10.1. The molecule has 1 aromatic rings. The number of ether oxygens (including phenoxy) is 3. The maximum atomic E-state index is 5.23. The van der Waals surface area contributed by atoms with Crippen LogP contribution in [0.2, 0.25) is 0 Å². The molecule has 0 atom stereocenters. The zero-order valence-electron chi connectivity index (χ0n) is 10.0. The Morgan fingerprint density at radius 2 is 1.81 bits per heavy atom. The molecule has 3 heteroatoms. The smallest absolute Gasteiger partial charge is 0.184 e. The topological polar surface area (TPSA) is 27.7 Å². The molecule has 0 spiro atoms. The maximum absolute atomic E-state index is 5.23. The Balaban J connectivity index is 3.22. The molecule has 0 saturated carbocycles. The second-order valence-corrected chi connectivity index (χ2v) is 3.13. The van der Waals surface area contributed by atoms with E-state index in [1.807, 2.05) is 18.2 Å². The van der Waals surface area contributed by atoms with Crippen LogP contribution in [0.5, 0.6) is 5.75 Å². The summed E-state index contributed by atoms with van der Waals surface area (Å²) in [7, 11) is 4.81. The Labute approximate surface area is 96.3 Å². The van der Waals surface area contributed by atoms with Gasteiger partial charge in [0, 0.05) is 25.3 Å². The average Bonchev–Trinajstić information content (AvgIpc) is 2.33. The van der Waals surface area contributed by atoms with Gasteiger partial charge in [0.1, 0.15) is 5.75 Å². The van der Waals surface area contributed by atoms with Gasteiger partial charge in [-0.05, 0) is 25.1 Å². The van der Waals surface area contributed by atoms with Gasteiger partial charge in [-0.25, -0.2) is 0 Å². The maximum Gasteiger partial charge on any atom is 0.184 e. The van der Waals surface area contributed by atoms with Crippen LogP contribution in [0.15, 0.2) is 18.2 Å². The molecule has 0 bridgehead atoms. The largest absolute Gasteiger partial charge is 0.497 e. The van der Waals surface area contributed by atoms with Crippen LogP contribution in [0.1, 0.15) is 24.3 Å². The van der Waals surface area contributed by atoms with Gasteiger partial charge in [0.15, 0.2) is 6.29 Å². The van der Waals surface area contributed by atoms with E-state index in [9.17, 15) is 0 Å². The molecule has 0 aliphatic carbocycles. The Hall–Kier alpha value is -1.50. The van der Waals surface area contributed by atoms with E-state index in [0.29, 0.717) is 0 Å². The van der Waals surface area contributed by atoms with Crippen molar-refractivity contribution in [2.24, 2.45) is 0 Å². The summed E-state index contributed by atoms with van der Waals surface area (Å²) in [5.74, 6) is 6.63. The van der Waals surface area contributed by atoms with Gasteiger partial charge in [-0.2, -0.15) is 0 Å². The summed E-state index contributed by atoms with van der Waals surface area (Å²) in [5, 5.41) is 0. The molecule has 0 N–H and O–H groups in total. The molecule has 0 heterocycles. The first-order valence-electron chi connectivity index (χ1n) is 4.93. The number of hydrogen-bond donors (Lipinski definition) is 0. The highest BCUT2D eigenvalue weighted by Gasteiger charge is 2.14. The van der Waals surface area contributed by atoms with E-state index >= 15 is 0 Å². The first kappa shape index (κ1) is 12.6. The van der Waals surface area contributed by atoms with E-state index in [1.165, 1.54) is 0 Å². The average molecular weight is 220 g/mol. The molecule has 0 aromatic heterocycles. The van der Waals surface area contributed by atoms with Gasteiger partial charge in [0.05, 0.1) is 7.11 Å². The van der Waals surface area contributed by atoms with Crippen molar-refractivity contribution in [1.29, 1.82) is 0 Å². The minimum absolute atomic E-state index is 0.425. The van der Waals surface area contributed by atoms with Crippen molar-refractivity contribution in [3.8, 4) is 17.6 Å². The highest BCUT2D eigenvalue weighted by Crippen LogP contribution is 2.25. The summed E-state index contributed by atoms with van der Waals surface area (Å²) >= 11 is 0. The number of rotatable bonds is 4. The van der Waals surface area contributed by atoms with Crippen molar-refractivity contribution in [1.82, 2.24) is 0 Å². The van der Waals surface area contributed by atoms with Crippen molar-refractivity contribution < 1.29 is 14.2 Å². The SMILES string of the molecule is CC#Cc1ccc(OC)cc1C(OC)OC. The zero-order valence-corrected chi connectivity index (χ0v) is 10.0. The molecule has 0 radical (unpaired) electrons. The van der Waals surface area contributed by atoms with E-state index in [-0.39, 0.29) is 0 Å². The molecule has 0 fully saturated rings. The summed E-state index contributed by atoms with van der Waals surface area (Å²) in [6.07, 6.45) is -0.425. The molecule has 0 aliphatic rings. The van der Waals surface area contributed by atoms with Gasteiger partial charge in [-0.3, -0.25) is 0 Å². The third kappa shape index (κ3) is 2.75. The first-order valence-corrected chi connectivity index (χ1v) is 4.93. The van der Waals surface area contributed by atoms with E-state index in [1.54, 1.807) is 28.3 Å². The fourth-order valence-corrected chi connectivity index (χ4v) is 1.46. The first-order chi connectivity index (χ1) is 7.76. The van der Waals surface area contributed by atoms with Crippen LogP contribution >= 0.6 is 0 Å². The lowest BCUT2D eigenvalue weighted by Crippen LogP contribution is -2.06. The summed E-state index contributed by atoms with van der Waals surface area (Å²) in [6.45, 7) is 1.79. The monoisotopic (exact) mass is 220 g/mol. The van der Waals surface area contributed by atoms with Crippen LogP contribution in [0, 0.1) is 11.8 Å². The van der Waals surface area contributed by atoms with Gasteiger partial charge in [-0.1, -0.05) is 5.92 Å². The van der Waals surface area contributed by atoms with Crippen molar-refractivity contribution in [2.45, 2.75) is 13.2 Å². The molecule has 3 nitrogen and oxygen atoms in total. The van der Waals surface area contributed by atoms with Gasteiger partial charge in [0.25, 0.3) is 0 Å². The normalized spacial score (nSPS) is 9.81. The van der Waals surface area contributed by atoms with Crippen molar-refractivity contribution >= 4 is 0 Å². The van der Waals surface area contributed by atoms with Gasteiger partial charge < -0.3 is 14.2 Å². The summed E-state index contributed by atoms with van der Waals surface area (Å²) in [4.78, 5) is 0. The lowest BCUT2D eigenvalue weighted by Gasteiger charge is -2.16. The number of benzene rings is 1. The highest BCUT2D eigenvalue weighted by molar-refractivity contribution is 5.46. The summed E-state index contributed by atoms with van der Waals surface area (Å²) < 4.78 is 15.6. The van der Waals surface area contributed by atoms with Crippen LogP contribution < -0.4 is 4.74 Å². The van der Waals surface area contributed by atoms with Crippen LogP contribution in [-0.4, -0.2) is 21.3 Å². The second kappa shape index (κ2) is 6.16. The van der Waals surface area contributed by atoms with Gasteiger partial charge in [0.2, 0.25) is 0 Å². The quantitative estimate of drug-likeness (QED) is 0.576. The minimum Gasteiger partial charge on any atom is -0.497 e. The fourth-order valence-electron chi connectivity index (χ4n) is 1.46. The summed E-state index contributed by atoms with van der Waals surface area (Å²) in [5.41, 5.74) is 1.76. The highest BCUT2D eigenvalue weighted by atomic mass is 16.7. The predicted molar refractivity (Wildman–Crippen MR) is 62.3 cm³/mol. The second-order valence-electron chi connectivity index (χ2n) is 3.13. The lowest BCUT2D eigenvalue weighted by molar-refractivity contribution is -0.106. The Morgan fingerprint density at radius 1 is 1.12 bits per heavy atom. The third-order valence-corrected chi connectivity index (χ3v) is 2.20. The fraction of sp³-hybridized carbons (Fsp3) is 0.385. The van der Waals surface area contributed by atoms with E-state index in [4.69, 9.17) is 14.2 Å².